The molecule has 0 bridgehead atoms. The van der Waals surface area contributed by atoms with Crippen LogP contribution in [0.25, 0.3) is 11.0 Å². The molecule has 0 atom stereocenters. The van der Waals surface area contributed by atoms with E-state index in [1.165, 1.54) is 0 Å². The lowest BCUT2D eigenvalue weighted by Crippen LogP contribution is -2.24. The summed E-state index contributed by atoms with van der Waals surface area (Å²) in [5, 5.41) is 5.22. The van der Waals surface area contributed by atoms with Crippen molar-refractivity contribution < 1.29 is 4.79 Å². The van der Waals surface area contributed by atoms with Crippen molar-refractivity contribution in [3.8, 4) is 0 Å². The normalized spacial score (nSPS) is 10.4. The van der Waals surface area contributed by atoms with Crippen molar-refractivity contribution in [2.45, 2.75) is 6.92 Å². The molecule has 1 aromatic carbocycles. The van der Waals surface area contributed by atoms with Crippen molar-refractivity contribution >= 4 is 22.8 Å². The SMILES string of the molecule is CNC(=O)Nc1ccc2c(c1)nc(C)n2C. The number of anilines is 1. The second-order valence-corrected chi connectivity index (χ2v) is 3.63. The van der Waals surface area contributed by atoms with Crippen LogP contribution in [-0.2, 0) is 7.05 Å². The van der Waals surface area contributed by atoms with E-state index >= 15 is 0 Å². The minimum atomic E-state index is -0.230. The lowest BCUT2D eigenvalue weighted by Gasteiger charge is -2.03. The highest BCUT2D eigenvalue weighted by atomic mass is 16.2. The quantitative estimate of drug-likeness (QED) is 0.764. The number of urea groups is 1. The molecule has 1 aromatic heterocycles. The van der Waals surface area contributed by atoms with Crippen molar-refractivity contribution in [2.75, 3.05) is 12.4 Å². The lowest BCUT2D eigenvalue weighted by atomic mass is 10.3. The predicted molar refractivity (Wildman–Crippen MR) is 63.5 cm³/mol. The van der Waals surface area contributed by atoms with Gasteiger partial charge < -0.3 is 15.2 Å². The van der Waals surface area contributed by atoms with E-state index < -0.39 is 0 Å². The number of nitrogens with zero attached hydrogens (tertiary/aromatic N) is 2. The Morgan fingerprint density at radius 1 is 1.44 bits per heavy atom. The second-order valence-electron chi connectivity index (χ2n) is 3.63. The van der Waals surface area contributed by atoms with Gasteiger partial charge in [0.05, 0.1) is 11.0 Å². The second kappa shape index (κ2) is 3.84. The number of amides is 2. The van der Waals surface area contributed by atoms with Crippen LogP contribution < -0.4 is 10.6 Å². The van der Waals surface area contributed by atoms with Crippen LogP contribution in [0.3, 0.4) is 0 Å². The fourth-order valence-corrected chi connectivity index (χ4v) is 1.59. The van der Waals surface area contributed by atoms with Crippen LogP contribution in [0.1, 0.15) is 5.82 Å². The van der Waals surface area contributed by atoms with E-state index in [1.807, 2.05) is 36.7 Å². The number of rotatable bonds is 1. The van der Waals surface area contributed by atoms with E-state index in [4.69, 9.17) is 0 Å². The average Bonchev–Trinajstić information content (AvgIpc) is 2.54. The van der Waals surface area contributed by atoms with Gasteiger partial charge in [0, 0.05) is 19.8 Å². The molecule has 84 valence electrons. The average molecular weight is 218 g/mol. The van der Waals surface area contributed by atoms with Crippen molar-refractivity contribution in [1.29, 1.82) is 0 Å². The summed E-state index contributed by atoms with van der Waals surface area (Å²) in [5.74, 6) is 0.951. The number of hydrogen-bond acceptors (Lipinski definition) is 2. The van der Waals surface area contributed by atoms with E-state index in [9.17, 15) is 4.79 Å². The molecule has 0 saturated carbocycles. The van der Waals surface area contributed by atoms with Crippen molar-refractivity contribution in [2.24, 2.45) is 7.05 Å². The maximum Gasteiger partial charge on any atom is 0.318 e. The highest BCUT2D eigenvalue weighted by Crippen LogP contribution is 2.19. The maximum absolute atomic E-state index is 11.1. The Balaban J connectivity index is 2.41. The molecule has 2 N–H and O–H groups in total. The molecule has 5 nitrogen and oxygen atoms in total. The van der Waals surface area contributed by atoms with Gasteiger partial charge in [-0.2, -0.15) is 0 Å². The molecule has 5 heteroatoms. The zero-order valence-electron chi connectivity index (χ0n) is 9.53. The van der Waals surface area contributed by atoms with Crippen LogP contribution in [-0.4, -0.2) is 22.6 Å². The molecule has 2 rings (SSSR count). The minimum absolute atomic E-state index is 0.230. The number of fused-ring (bicyclic) bond motifs is 1. The number of aromatic nitrogens is 2. The third-order valence-electron chi connectivity index (χ3n) is 2.59. The van der Waals surface area contributed by atoms with Gasteiger partial charge in [0.25, 0.3) is 0 Å². The molecule has 0 radical (unpaired) electrons. The first kappa shape index (κ1) is 10.5. The third-order valence-corrected chi connectivity index (χ3v) is 2.59. The standard InChI is InChI=1S/C11H14N4O/c1-7-13-9-6-8(14-11(16)12-2)4-5-10(9)15(7)3/h4-6H,1-3H3,(H2,12,14,16). The highest BCUT2D eigenvalue weighted by Gasteiger charge is 2.05. The van der Waals surface area contributed by atoms with Gasteiger partial charge in [0.15, 0.2) is 0 Å². The summed E-state index contributed by atoms with van der Waals surface area (Å²) in [4.78, 5) is 15.5. The van der Waals surface area contributed by atoms with Gasteiger partial charge in [-0.25, -0.2) is 9.78 Å². The molecule has 2 amide bonds. The third kappa shape index (κ3) is 1.71. The molecule has 0 aliphatic heterocycles. The molecule has 16 heavy (non-hydrogen) atoms. The molecule has 0 fully saturated rings. The van der Waals surface area contributed by atoms with Crippen molar-refractivity contribution in [1.82, 2.24) is 14.9 Å². The molecule has 0 saturated heterocycles. The summed E-state index contributed by atoms with van der Waals surface area (Å²) >= 11 is 0. The van der Waals surface area contributed by atoms with E-state index in [1.54, 1.807) is 7.05 Å². The Labute approximate surface area is 93.5 Å². The number of benzene rings is 1. The Hall–Kier alpha value is -2.04. The zero-order chi connectivity index (χ0) is 11.7. The summed E-state index contributed by atoms with van der Waals surface area (Å²) in [6, 6.07) is 5.43. The fraction of sp³-hybridized carbons (Fsp3) is 0.273. The predicted octanol–water partition coefficient (Wildman–Crippen LogP) is 1.63. The number of nitrogens with one attached hydrogen (secondary N) is 2. The molecular formula is C11H14N4O. The Bertz CT molecular complexity index is 544. The number of aryl methyl sites for hydroxylation is 2. The largest absolute Gasteiger partial charge is 0.341 e. The monoisotopic (exact) mass is 218 g/mol. The van der Waals surface area contributed by atoms with Crippen LogP contribution in [0.2, 0.25) is 0 Å². The van der Waals surface area contributed by atoms with Crippen molar-refractivity contribution in [3.05, 3.63) is 24.0 Å². The van der Waals surface area contributed by atoms with Gasteiger partial charge in [-0.15, -0.1) is 0 Å². The topological polar surface area (TPSA) is 59.0 Å². The zero-order valence-corrected chi connectivity index (χ0v) is 9.53. The van der Waals surface area contributed by atoms with Gasteiger partial charge >= 0.3 is 6.03 Å². The van der Waals surface area contributed by atoms with Crippen LogP contribution in [0.5, 0.6) is 0 Å². The lowest BCUT2D eigenvalue weighted by molar-refractivity contribution is 0.254. The number of hydrogen-bond donors (Lipinski definition) is 2. The number of carbonyl (C=O) groups excluding carboxylic acids is 1. The minimum Gasteiger partial charge on any atom is -0.341 e. The summed E-state index contributed by atoms with van der Waals surface area (Å²) in [6.07, 6.45) is 0. The fourth-order valence-electron chi connectivity index (χ4n) is 1.59. The van der Waals surface area contributed by atoms with Gasteiger partial charge in [-0.1, -0.05) is 0 Å². The highest BCUT2D eigenvalue weighted by molar-refractivity contribution is 5.91. The Morgan fingerprint density at radius 2 is 2.19 bits per heavy atom. The van der Waals surface area contributed by atoms with Crippen LogP contribution in [0.15, 0.2) is 18.2 Å². The van der Waals surface area contributed by atoms with Gasteiger partial charge in [-0.05, 0) is 25.1 Å². The van der Waals surface area contributed by atoms with Crippen LogP contribution >= 0.6 is 0 Å². The smallest absolute Gasteiger partial charge is 0.318 e. The Kier molecular flexibility index (Phi) is 2.52. The molecule has 0 aliphatic carbocycles. The summed E-state index contributed by atoms with van der Waals surface area (Å²) in [5.41, 5.74) is 2.68. The molecule has 1 heterocycles. The first-order valence-corrected chi connectivity index (χ1v) is 5.03. The number of carbonyl (C=O) groups is 1. The first-order valence-electron chi connectivity index (χ1n) is 5.03. The molecule has 0 unspecified atom stereocenters. The van der Waals surface area contributed by atoms with E-state index in [0.717, 1.165) is 22.5 Å². The van der Waals surface area contributed by atoms with E-state index in [-0.39, 0.29) is 6.03 Å². The van der Waals surface area contributed by atoms with Crippen LogP contribution in [0.4, 0.5) is 10.5 Å². The van der Waals surface area contributed by atoms with Gasteiger partial charge in [0.2, 0.25) is 0 Å². The Morgan fingerprint density at radius 3 is 2.88 bits per heavy atom. The molecule has 0 aliphatic rings. The van der Waals surface area contributed by atoms with Gasteiger partial charge in [0.1, 0.15) is 5.82 Å². The maximum atomic E-state index is 11.1. The van der Waals surface area contributed by atoms with Crippen molar-refractivity contribution in [3.63, 3.8) is 0 Å². The van der Waals surface area contributed by atoms with Crippen LogP contribution in [0, 0.1) is 6.92 Å². The van der Waals surface area contributed by atoms with Gasteiger partial charge in [-0.3, -0.25) is 0 Å². The summed E-state index contributed by atoms with van der Waals surface area (Å²) < 4.78 is 2.01. The molecular weight excluding hydrogens is 204 g/mol. The summed E-state index contributed by atoms with van der Waals surface area (Å²) in [7, 11) is 3.55. The molecule has 0 spiro atoms. The molecule has 2 aromatic rings. The van der Waals surface area contributed by atoms with E-state index in [2.05, 4.69) is 15.6 Å². The summed E-state index contributed by atoms with van der Waals surface area (Å²) in [6.45, 7) is 1.95. The number of imidazole rings is 1. The first-order chi connectivity index (χ1) is 7.61. The van der Waals surface area contributed by atoms with E-state index in [0.29, 0.717) is 0 Å².